The Labute approximate surface area is 111 Å². The number of carboxylic acid groups (broad SMARTS) is 1. The van der Waals surface area contributed by atoms with Crippen LogP contribution in [0.25, 0.3) is 0 Å². The number of carbonyl (C=O) groups excluding carboxylic acids is 1. The van der Waals surface area contributed by atoms with Crippen molar-refractivity contribution in [2.24, 2.45) is 0 Å². The Morgan fingerprint density at radius 3 is 2.84 bits per heavy atom. The number of furan rings is 1. The molecule has 1 aromatic heterocycles. The highest BCUT2D eigenvalue weighted by molar-refractivity contribution is 5.95. The van der Waals surface area contributed by atoms with E-state index in [0.29, 0.717) is 0 Å². The Morgan fingerprint density at radius 1 is 1.53 bits per heavy atom. The molecule has 0 radical (unpaired) electrons. The van der Waals surface area contributed by atoms with Gasteiger partial charge in [-0.1, -0.05) is 0 Å². The molecule has 1 aromatic rings. The van der Waals surface area contributed by atoms with E-state index in [1.807, 2.05) is 7.05 Å². The van der Waals surface area contributed by atoms with E-state index in [4.69, 9.17) is 9.52 Å². The van der Waals surface area contributed by atoms with E-state index in [2.05, 4.69) is 4.90 Å². The molecular formula is C13H18N2O4. The van der Waals surface area contributed by atoms with Crippen molar-refractivity contribution < 1.29 is 19.1 Å². The third-order valence-corrected chi connectivity index (χ3v) is 3.52. The molecule has 6 nitrogen and oxygen atoms in total. The standard InChI is InChI=1S/C13H18N2O4/c1-14-5-3-4-10(7-14)15(2)12(16)11-6-9(8-19-11)13(17)18/h6,8,10H,3-5,7H2,1-2H3,(H,17,18). The number of hydrogen-bond acceptors (Lipinski definition) is 4. The van der Waals surface area contributed by atoms with Gasteiger partial charge in [0.25, 0.3) is 5.91 Å². The molecule has 2 heterocycles. The maximum Gasteiger partial charge on any atom is 0.338 e. The Balaban J connectivity index is 2.07. The largest absolute Gasteiger partial charge is 0.478 e. The lowest BCUT2D eigenvalue weighted by molar-refractivity contribution is 0.0612. The highest BCUT2D eigenvalue weighted by Crippen LogP contribution is 2.17. The summed E-state index contributed by atoms with van der Waals surface area (Å²) < 4.78 is 5.04. The Hall–Kier alpha value is -1.82. The Bertz CT molecular complexity index is 483. The molecule has 0 bridgehead atoms. The lowest BCUT2D eigenvalue weighted by atomic mass is 10.0. The second-order valence-electron chi connectivity index (χ2n) is 4.98. The number of nitrogens with zero attached hydrogens (tertiary/aromatic N) is 2. The van der Waals surface area contributed by atoms with Crippen molar-refractivity contribution in [1.29, 1.82) is 0 Å². The maximum absolute atomic E-state index is 12.2. The van der Waals surface area contributed by atoms with Gasteiger partial charge in [-0.05, 0) is 26.4 Å². The fourth-order valence-corrected chi connectivity index (χ4v) is 2.36. The van der Waals surface area contributed by atoms with Crippen molar-refractivity contribution in [2.45, 2.75) is 18.9 Å². The van der Waals surface area contributed by atoms with Crippen LogP contribution in [0.5, 0.6) is 0 Å². The number of likely N-dealkylation sites (tertiary alicyclic amines) is 1. The first-order valence-corrected chi connectivity index (χ1v) is 6.26. The van der Waals surface area contributed by atoms with Gasteiger partial charge < -0.3 is 19.3 Å². The molecule has 1 fully saturated rings. The second kappa shape index (κ2) is 5.44. The minimum absolute atomic E-state index is 0.00230. The van der Waals surface area contributed by atoms with Crippen LogP contribution in [-0.2, 0) is 0 Å². The van der Waals surface area contributed by atoms with E-state index in [9.17, 15) is 9.59 Å². The zero-order chi connectivity index (χ0) is 14.0. The molecule has 1 aliphatic heterocycles. The highest BCUT2D eigenvalue weighted by Gasteiger charge is 2.27. The molecule has 2 rings (SSSR count). The van der Waals surface area contributed by atoms with Gasteiger partial charge in [0.2, 0.25) is 0 Å². The van der Waals surface area contributed by atoms with E-state index < -0.39 is 5.97 Å². The van der Waals surface area contributed by atoms with Crippen LogP contribution < -0.4 is 0 Å². The number of piperidine rings is 1. The molecule has 19 heavy (non-hydrogen) atoms. The van der Waals surface area contributed by atoms with E-state index in [1.165, 1.54) is 6.07 Å². The predicted molar refractivity (Wildman–Crippen MR) is 68.3 cm³/mol. The molecule has 1 amide bonds. The van der Waals surface area contributed by atoms with Gasteiger partial charge in [0, 0.05) is 25.7 Å². The normalized spacial score (nSPS) is 20.2. The molecule has 104 valence electrons. The molecule has 1 atom stereocenters. The third-order valence-electron chi connectivity index (χ3n) is 3.52. The SMILES string of the molecule is CN1CCCC(N(C)C(=O)c2cc(C(=O)O)co2)C1. The molecule has 0 saturated carbocycles. The van der Waals surface area contributed by atoms with Gasteiger partial charge in [0.05, 0.1) is 5.56 Å². The van der Waals surface area contributed by atoms with Gasteiger partial charge in [0.1, 0.15) is 6.26 Å². The first kappa shape index (κ1) is 13.6. The highest BCUT2D eigenvalue weighted by atomic mass is 16.4. The van der Waals surface area contributed by atoms with Gasteiger partial charge in [-0.15, -0.1) is 0 Å². The number of hydrogen-bond donors (Lipinski definition) is 1. The molecule has 0 aliphatic carbocycles. The van der Waals surface area contributed by atoms with Crippen LogP contribution in [0.2, 0.25) is 0 Å². The van der Waals surface area contributed by atoms with E-state index >= 15 is 0 Å². The van der Waals surface area contributed by atoms with Crippen molar-refractivity contribution in [3.05, 3.63) is 23.7 Å². The lowest BCUT2D eigenvalue weighted by Gasteiger charge is -2.35. The zero-order valence-corrected chi connectivity index (χ0v) is 11.1. The molecule has 1 saturated heterocycles. The average molecular weight is 266 g/mol. The molecule has 6 heteroatoms. The molecule has 1 unspecified atom stereocenters. The van der Waals surface area contributed by atoms with Gasteiger partial charge in [0.15, 0.2) is 5.76 Å². The van der Waals surface area contributed by atoms with Gasteiger partial charge in [-0.3, -0.25) is 4.79 Å². The van der Waals surface area contributed by atoms with Crippen LogP contribution in [-0.4, -0.2) is 60.0 Å². The van der Waals surface area contributed by atoms with Gasteiger partial charge in [-0.25, -0.2) is 4.79 Å². The van der Waals surface area contributed by atoms with E-state index in [-0.39, 0.29) is 23.3 Å². The van der Waals surface area contributed by atoms with Crippen molar-refractivity contribution in [3.63, 3.8) is 0 Å². The van der Waals surface area contributed by atoms with Crippen LogP contribution in [0.1, 0.15) is 33.8 Å². The number of aromatic carboxylic acids is 1. The number of carboxylic acids is 1. The van der Waals surface area contributed by atoms with Crippen molar-refractivity contribution >= 4 is 11.9 Å². The number of rotatable bonds is 3. The molecule has 0 aromatic carbocycles. The van der Waals surface area contributed by atoms with Crippen molar-refractivity contribution in [2.75, 3.05) is 27.2 Å². The molecule has 1 aliphatic rings. The fourth-order valence-electron chi connectivity index (χ4n) is 2.36. The van der Waals surface area contributed by atoms with Crippen molar-refractivity contribution in [1.82, 2.24) is 9.80 Å². The number of carbonyl (C=O) groups is 2. The third kappa shape index (κ3) is 2.96. The van der Waals surface area contributed by atoms with Crippen LogP contribution in [0, 0.1) is 0 Å². The fraction of sp³-hybridized carbons (Fsp3) is 0.538. The average Bonchev–Trinajstić information content (AvgIpc) is 2.86. The van der Waals surface area contributed by atoms with Crippen LogP contribution >= 0.6 is 0 Å². The summed E-state index contributed by atoms with van der Waals surface area (Å²) in [5, 5.41) is 8.81. The zero-order valence-electron chi connectivity index (χ0n) is 11.1. The minimum Gasteiger partial charge on any atom is -0.478 e. The second-order valence-corrected chi connectivity index (χ2v) is 4.98. The number of likely N-dealkylation sites (N-methyl/N-ethyl adjacent to an activating group) is 2. The van der Waals surface area contributed by atoms with Gasteiger partial charge in [-0.2, -0.15) is 0 Å². The van der Waals surface area contributed by atoms with Crippen molar-refractivity contribution in [3.8, 4) is 0 Å². The Morgan fingerprint density at radius 2 is 2.26 bits per heavy atom. The first-order valence-electron chi connectivity index (χ1n) is 6.26. The smallest absolute Gasteiger partial charge is 0.338 e. The summed E-state index contributed by atoms with van der Waals surface area (Å²) in [5.41, 5.74) is -0.00230. The summed E-state index contributed by atoms with van der Waals surface area (Å²) in [7, 11) is 3.76. The summed E-state index contributed by atoms with van der Waals surface area (Å²) in [6.45, 7) is 1.87. The molecular weight excluding hydrogens is 248 g/mol. The van der Waals surface area contributed by atoms with Gasteiger partial charge >= 0.3 is 5.97 Å². The van der Waals surface area contributed by atoms with Crippen LogP contribution in [0.3, 0.4) is 0 Å². The topological polar surface area (TPSA) is 74.0 Å². The summed E-state index contributed by atoms with van der Waals surface area (Å²) in [4.78, 5) is 26.8. The van der Waals surface area contributed by atoms with Crippen LogP contribution in [0.4, 0.5) is 0 Å². The minimum atomic E-state index is -1.09. The molecule has 1 N–H and O–H groups in total. The quantitative estimate of drug-likeness (QED) is 0.888. The molecule has 0 spiro atoms. The van der Waals surface area contributed by atoms with E-state index in [0.717, 1.165) is 32.2 Å². The Kier molecular flexibility index (Phi) is 3.90. The summed E-state index contributed by atoms with van der Waals surface area (Å²) in [6, 6.07) is 1.41. The summed E-state index contributed by atoms with van der Waals surface area (Å²) >= 11 is 0. The lowest BCUT2D eigenvalue weighted by Crippen LogP contribution is -2.47. The summed E-state index contributed by atoms with van der Waals surface area (Å²) in [6.07, 6.45) is 3.10. The first-order chi connectivity index (χ1) is 8.99. The maximum atomic E-state index is 12.2. The monoisotopic (exact) mass is 266 g/mol. The predicted octanol–water partition coefficient (Wildman–Crippen LogP) is 1.14. The number of amides is 1. The summed E-state index contributed by atoms with van der Waals surface area (Å²) in [5.74, 6) is -1.29. The van der Waals surface area contributed by atoms with E-state index in [1.54, 1.807) is 11.9 Å². The van der Waals surface area contributed by atoms with Crippen LogP contribution in [0.15, 0.2) is 16.7 Å².